The zero-order valence-corrected chi connectivity index (χ0v) is 9.77. The molecule has 4 nitrogen and oxygen atoms in total. The van der Waals surface area contributed by atoms with Gasteiger partial charge in [-0.25, -0.2) is 0 Å². The molecule has 0 heterocycles. The summed E-state index contributed by atoms with van der Waals surface area (Å²) in [6.07, 6.45) is 1.01. The second-order valence-electron chi connectivity index (χ2n) is 2.95. The van der Waals surface area contributed by atoms with Crippen LogP contribution >= 0.6 is 23.4 Å². The molecule has 0 aliphatic rings. The zero-order valence-electron chi connectivity index (χ0n) is 8.20. The van der Waals surface area contributed by atoms with E-state index in [1.807, 2.05) is 0 Å². The first-order valence-electron chi connectivity index (χ1n) is 4.42. The van der Waals surface area contributed by atoms with Crippen LogP contribution < -0.4 is 5.73 Å². The van der Waals surface area contributed by atoms with Gasteiger partial charge in [0.15, 0.2) is 0 Å². The molecule has 0 amide bonds. The molecule has 6 heteroatoms. The molecular weight excluding hydrogens is 236 g/mol. The van der Waals surface area contributed by atoms with Crippen molar-refractivity contribution in [2.75, 3.05) is 11.5 Å². The number of nitrogens with zero attached hydrogens (tertiary/aromatic N) is 1. The van der Waals surface area contributed by atoms with Crippen LogP contribution in [-0.4, -0.2) is 10.7 Å². The molecule has 0 aromatic heterocycles. The summed E-state index contributed by atoms with van der Waals surface area (Å²) in [6, 6.07) is 2.86. The molecule has 82 valence electrons. The maximum Gasteiger partial charge on any atom is 0.293 e. The maximum atomic E-state index is 10.6. The highest BCUT2D eigenvalue weighted by Gasteiger charge is 2.15. The first kappa shape index (κ1) is 12.1. The van der Waals surface area contributed by atoms with Crippen LogP contribution in [0.15, 0.2) is 17.0 Å². The van der Waals surface area contributed by atoms with E-state index in [1.165, 1.54) is 6.07 Å². The van der Waals surface area contributed by atoms with Crippen molar-refractivity contribution < 1.29 is 4.92 Å². The number of halogens is 1. The van der Waals surface area contributed by atoms with Gasteiger partial charge < -0.3 is 5.73 Å². The van der Waals surface area contributed by atoms with Crippen LogP contribution in [0.2, 0.25) is 5.02 Å². The second kappa shape index (κ2) is 5.23. The van der Waals surface area contributed by atoms with Crippen LogP contribution in [0.3, 0.4) is 0 Å². The van der Waals surface area contributed by atoms with E-state index in [9.17, 15) is 10.1 Å². The predicted octanol–water partition coefficient (Wildman–Crippen LogP) is 3.33. The summed E-state index contributed by atoms with van der Waals surface area (Å²) >= 11 is 7.45. The number of nitro groups is 1. The van der Waals surface area contributed by atoms with Crippen LogP contribution in [-0.2, 0) is 0 Å². The van der Waals surface area contributed by atoms with Crippen molar-refractivity contribution in [3.05, 3.63) is 27.3 Å². The molecule has 15 heavy (non-hydrogen) atoms. The highest BCUT2D eigenvalue weighted by molar-refractivity contribution is 7.99. The Labute approximate surface area is 96.9 Å². The molecule has 1 aromatic carbocycles. The minimum atomic E-state index is -0.532. The Balaban J connectivity index is 3.02. The Morgan fingerprint density at radius 1 is 1.60 bits per heavy atom. The quantitative estimate of drug-likeness (QED) is 0.383. The Morgan fingerprint density at radius 2 is 2.27 bits per heavy atom. The van der Waals surface area contributed by atoms with Gasteiger partial charge >= 0.3 is 0 Å². The zero-order chi connectivity index (χ0) is 11.4. The smallest absolute Gasteiger partial charge is 0.293 e. The van der Waals surface area contributed by atoms with E-state index in [0.29, 0.717) is 5.02 Å². The lowest BCUT2D eigenvalue weighted by molar-refractivity contribution is -0.383. The van der Waals surface area contributed by atoms with Crippen molar-refractivity contribution in [1.29, 1.82) is 0 Å². The minimum absolute atomic E-state index is 0.138. The molecule has 0 spiro atoms. The van der Waals surface area contributed by atoms with Crippen molar-refractivity contribution in [2.24, 2.45) is 0 Å². The van der Waals surface area contributed by atoms with Crippen LogP contribution in [0.1, 0.15) is 13.3 Å². The summed E-state index contributed by atoms with van der Waals surface area (Å²) in [7, 11) is 0. The lowest BCUT2D eigenvalue weighted by atomic mass is 10.3. The fraction of sp³-hybridized carbons (Fsp3) is 0.333. The fourth-order valence-corrected chi connectivity index (χ4v) is 2.19. The van der Waals surface area contributed by atoms with E-state index in [4.69, 9.17) is 17.3 Å². The summed E-state index contributed by atoms with van der Waals surface area (Å²) in [6.45, 7) is 2.05. The topological polar surface area (TPSA) is 69.2 Å². The van der Waals surface area contributed by atoms with Gasteiger partial charge in [-0.2, -0.15) is 0 Å². The molecule has 0 aliphatic heterocycles. The molecule has 1 rings (SSSR count). The molecule has 2 N–H and O–H groups in total. The van der Waals surface area contributed by atoms with Crippen molar-refractivity contribution in [3.8, 4) is 0 Å². The van der Waals surface area contributed by atoms with Gasteiger partial charge in [-0.1, -0.05) is 18.5 Å². The third-order valence-electron chi connectivity index (χ3n) is 1.74. The van der Waals surface area contributed by atoms with Crippen molar-refractivity contribution in [1.82, 2.24) is 0 Å². The lowest BCUT2D eigenvalue weighted by Crippen LogP contribution is -1.96. The van der Waals surface area contributed by atoms with Crippen LogP contribution in [0.5, 0.6) is 0 Å². The number of anilines is 1. The van der Waals surface area contributed by atoms with E-state index in [-0.39, 0.29) is 11.4 Å². The fourth-order valence-electron chi connectivity index (χ4n) is 1.04. The summed E-state index contributed by atoms with van der Waals surface area (Å²) in [5.74, 6) is 0.914. The monoisotopic (exact) mass is 246 g/mol. The minimum Gasteiger partial charge on any atom is -0.393 e. The molecule has 0 radical (unpaired) electrons. The third-order valence-corrected chi connectivity index (χ3v) is 3.43. The van der Waals surface area contributed by atoms with Gasteiger partial charge in [0.05, 0.1) is 9.95 Å². The first-order chi connectivity index (χ1) is 7.06. The second-order valence-corrected chi connectivity index (χ2v) is 4.49. The molecule has 0 fully saturated rings. The van der Waals surface area contributed by atoms with E-state index in [1.54, 1.807) is 17.8 Å². The molecule has 0 unspecified atom stereocenters. The van der Waals surface area contributed by atoms with Crippen LogP contribution in [0.4, 0.5) is 11.4 Å². The number of nitrogen functional groups attached to an aromatic ring is 1. The van der Waals surface area contributed by atoms with Gasteiger partial charge in [0, 0.05) is 11.0 Å². The summed E-state index contributed by atoms with van der Waals surface area (Å²) < 4.78 is 0. The van der Waals surface area contributed by atoms with E-state index in [0.717, 1.165) is 17.1 Å². The number of rotatable bonds is 4. The number of nitro benzene ring substituents is 1. The van der Waals surface area contributed by atoms with E-state index in [2.05, 4.69) is 6.92 Å². The summed E-state index contributed by atoms with van der Waals surface area (Å²) in [5, 5.41) is 10.9. The highest BCUT2D eigenvalue weighted by atomic mass is 35.5. The van der Waals surface area contributed by atoms with Crippen LogP contribution in [0, 0.1) is 10.1 Å². The molecule has 1 aromatic rings. The Hall–Kier alpha value is -0.940. The van der Waals surface area contributed by atoms with Gasteiger partial charge in [-0.05, 0) is 18.2 Å². The van der Waals surface area contributed by atoms with Gasteiger partial charge in [-0.15, -0.1) is 11.8 Å². The first-order valence-corrected chi connectivity index (χ1v) is 5.78. The van der Waals surface area contributed by atoms with Crippen molar-refractivity contribution in [2.45, 2.75) is 18.2 Å². The molecule has 0 bridgehead atoms. The van der Waals surface area contributed by atoms with Crippen molar-refractivity contribution in [3.63, 3.8) is 0 Å². The third kappa shape index (κ3) is 3.00. The largest absolute Gasteiger partial charge is 0.393 e. The normalized spacial score (nSPS) is 10.3. The number of thioether (sulfide) groups is 1. The number of hydrogen-bond donors (Lipinski definition) is 1. The van der Waals surface area contributed by atoms with E-state index < -0.39 is 4.92 Å². The van der Waals surface area contributed by atoms with Gasteiger partial charge in [0.1, 0.15) is 5.69 Å². The maximum absolute atomic E-state index is 10.6. The Bertz CT molecular complexity index is 385. The molecule has 0 aliphatic carbocycles. The average Bonchev–Trinajstić information content (AvgIpc) is 2.18. The molecular formula is C9H11ClN2O2S. The van der Waals surface area contributed by atoms with Crippen LogP contribution in [0.25, 0.3) is 0 Å². The van der Waals surface area contributed by atoms with Gasteiger partial charge in [0.2, 0.25) is 0 Å². The molecule has 0 saturated heterocycles. The Morgan fingerprint density at radius 3 is 2.80 bits per heavy atom. The molecule has 0 atom stereocenters. The summed E-state index contributed by atoms with van der Waals surface area (Å²) in [4.78, 5) is 10.8. The predicted molar refractivity (Wildman–Crippen MR) is 63.5 cm³/mol. The number of benzene rings is 1. The average molecular weight is 247 g/mol. The SMILES string of the molecule is CCCSc1cc(N)c([N+](=O)[O-])cc1Cl. The Kier molecular flexibility index (Phi) is 4.23. The van der Waals surface area contributed by atoms with E-state index >= 15 is 0 Å². The highest BCUT2D eigenvalue weighted by Crippen LogP contribution is 2.34. The molecule has 0 saturated carbocycles. The number of hydrogen-bond acceptors (Lipinski definition) is 4. The van der Waals surface area contributed by atoms with Gasteiger partial charge in [0.25, 0.3) is 5.69 Å². The number of nitrogens with two attached hydrogens (primary N) is 1. The lowest BCUT2D eigenvalue weighted by Gasteiger charge is -2.04. The summed E-state index contributed by atoms with van der Waals surface area (Å²) in [5.41, 5.74) is 5.57. The van der Waals surface area contributed by atoms with Gasteiger partial charge in [-0.3, -0.25) is 10.1 Å². The standard InChI is InChI=1S/C9H11ClN2O2S/c1-2-3-15-9-5-7(11)8(12(13)14)4-6(9)10/h4-5H,2-3,11H2,1H3. The van der Waals surface area contributed by atoms with Crippen molar-refractivity contribution >= 4 is 34.7 Å².